The van der Waals surface area contributed by atoms with Crippen LogP contribution >= 0.6 is 0 Å². The number of nitrogens with one attached hydrogen (secondary N) is 1. The van der Waals surface area contributed by atoms with Crippen LogP contribution < -0.4 is 23.8 Å². The quantitative estimate of drug-likeness (QED) is 0.425. The van der Waals surface area contributed by atoms with E-state index in [-0.39, 0.29) is 30.2 Å². The van der Waals surface area contributed by atoms with Gasteiger partial charge in [0.25, 0.3) is 0 Å². The normalized spacial score (nSPS) is 14.6. The van der Waals surface area contributed by atoms with Gasteiger partial charge in [-0.25, -0.2) is 16.8 Å². The molecule has 1 aliphatic heterocycles. The van der Waals surface area contributed by atoms with Crippen molar-refractivity contribution in [3.8, 4) is 17.2 Å². The molecule has 0 bridgehead atoms. The summed E-state index contributed by atoms with van der Waals surface area (Å²) in [5, 5.41) is 2.68. The Morgan fingerprint density at radius 1 is 0.973 bits per heavy atom. The van der Waals surface area contributed by atoms with Gasteiger partial charge >= 0.3 is 0 Å². The molecule has 37 heavy (non-hydrogen) atoms. The fourth-order valence-corrected chi connectivity index (χ4v) is 6.01. The highest BCUT2D eigenvalue weighted by Gasteiger charge is 2.27. The van der Waals surface area contributed by atoms with E-state index >= 15 is 0 Å². The van der Waals surface area contributed by atoms with Crippen LogP contribution in [0.3, 0.4) is 0 Å². The minimum absolute atomic E-state index is 0.0263. The third-order valence-electron chi connectivity index (χ3n) is 5.63. The molecule has 1 N–H and O–H groups in total. The summed E-state index contributed by atoms with van der Waals surface area (Å²) in [6.07, 6.45) is 0.970. The largest absolute Gasteiger partial charge is 0.493 e. The number of rotatable bonds is 11. The van der Waals surface area contributed by atoms with Gasteiger partial charge in [0.15, 0.2) is 11.5 Å². The van der Waals surface area contributed by atoms with E-state index in [4.69, 9.17) is 18.9 Å². The Labute approximate surface area is 217 Å². The van der Waals surface area contributed by atoms with Gasteiger partial charge < -0.3 is 24.3 Å². The molecule has 0 radical (unpaired) electrons. The van der Waals surface area contributed by atoms with Crippen molar-refractivity contribution in [1.29, 1.82) is 0 Å². The van der Waals surface area contributed by atoms with Crippen molar-refractivity contribution in [3.63, 3.8) is 0 Å². The van der Waals surface area contributed by atoms with Gasteiger partial charge in [-0.15, -0.1) is 0 Å². The smallest absolute Gasteiger partial charge is 0.243 e. The van der Waals surface area contributed by atoms with Crippen LogP contribution in [0.5, 0.6) is 17.2 Å². The Kier molecular flexibility index (Phi) is 9.23. The lowest BCUT2D eigenvalue weighted by Gasteiger charge is -2.26. The molecule has 0 atom stereocenters. The van der Waals surface area contributed by atoms with E-state index < -0.39 is 32.5 Å². The fraction of sp³-hybridized carbons (Fsp3) is 0.435. The number of methoxy groups -OCH3 is 3. The minimum atomic E-state index is -3.86. The number of anilines is 1. The van der Waals surface area contributed by atoms with Crippen molar-refractivity contribution >= 4 is 31.6 Å². The van der Waals surface area contributed by atoms with E-state index in [9.17, 15) is 21.6 Å². The molecule has 1 aliphatic rings. The van der Waals surface area contributed by atoms with Crippen LogP contribution in [0.15, 0.2) is 41.3 Å². The summed E-state index contributed by atoms with van der Waals surface area (Å²) in [4.78, 5) is 12.7. The summed E-state index contributed by atoms with van der Waals surface area (Å²) in [5.41, 5.74) is 0.804. The van der Waals surface area contributed by atoms with Crippen LogP contribution in [0.1, 0.15) is 5.56 Å². The van der Waals surface area contributed by atoms with Gasteiger partial charge in [-0.1, -0.05) is 0 Å². The molecule has 3 rings (SSSR count). The summed E-state index contributed by atoms with van der Waals surface area (Å²) < 4.78 is 73.9. The molecule has 1 amide bonds. The second-order valence-electron chi connectivity index (χ2n) is 8.09. The lowest BCUT2D eigenvalue weighted by Crippen LogP contribution is -2.41. The number of carbonyl (C=O) groups is 1. The highest BCUT2D eigenvalue weighted by Crippen LogP contribution is 2.38. The maximum atomic E-state index is 12.8. The SMILES string of the molecule is COc1cc(CNC(=O)CN(c2ccc(S(=O)(=O)N3CCOCC3)cc2)S(C)(=O)=O)cc(OC)c1OC. The molecule has 2 aromatic rings. The first-order valence-electron chi connectivity index (χ1n) is 11.2. The molecule has 14 heteroatoms. The van der Waals surface area contributed by atoms with Crippen LogP contribution in [-0.4, -0.2) is 87.5 Å². The van der Waals surface area contributed by atoms with Crippen molar-refractivity contribution in [2.24, 2.45) is 0 Å². The molecule has 0 saturated carbocycles. The van der Waals surface area contributed by atoms with Gasteiger partial charge in [0, 0.05) is 19.6 Å². The Balaban J connectivity index is 1.74. The molecule has 204 valence electrons. The average molecular weight is 558 g/mol. The van der Waals surface area contributed by atoms with Gasteiger partial charge in [0.05, 0.1) is 51.4 Å². The van der Waals surface area contributed by atoms with Crippen molar-refractivity contribution in [1.82, 2.24) is 9.62 Å². The number of nitrogens with zero attached hydrogens (tertiary/aromatic N) is 2. The number of hydrogen-bond donors (Lipinski definition) is 1. The van der Waals surface area contributed by atoms with Crippen LogP contribution in [0, 0.1) is 0 Å². The van der Waals surface area contributed by atoms with Gasteiger partial charge in [0.1, 0.15) is 6.54 Å². The fourth-order valence-electron chi connectivity index (χ4n) is 3.74. The predicted octanol–water partition coefficient (Wildman–Crippen LogP) is 0.816. The zero-order chi connectivity index (χ0) is 27.2. The highest BCUT2D eigenvalue weighted by molar-refractivity contribution is 7.92. The van der Waals surface area contributed by atoms with Gasteiger partial charge in [-0.05, 0) is 42.0 Å². The van der Waals surface area contributed by atoms with Gasteiger partial charge in [-0.2, -0.15) is 4.31 Å². The number of amides is 1. The molecule has 1 heterocycles. The average Bonchev–Trinajstić information content (AvgIpc) is 2.89. The highest BCUT2D eigenvalue weighted by atomic mass is 32.2. The Hall–Kier alpha value is -3.07. The number of sulfonamides is 2. The van der Waals surface area contributed by atoms with Gasteiger partial charge in [-0.3, -0.25) is 9.10 Å². The Morgan fingerprint density at radius 3 is 2.03 bits per heavy atom. The first kappa shape index (κ1) is 28.5. The molecule has 12 nitrogen and oxygen atoms in total. The molecular weight excluding hydrogens is 526 g/mol. The zero-order valence-electron chi connectivity index (χ0n) is 21.1. The first-order chi connectivity index (χ1) is 17.5. The summed E-state index contributed by atoms with van der Waals surface area (Å²) in [7, 11) is -3.17. The molecule has 0 unspecified atom stereocenters. The third-order valence-corrected chi connectivity index (χ3v) is 8.69. The first-order valence-corrected chi connectivity index (χ1v) is 14.5. The lowest BCUT2D eigenvalue weighted by molar-refractivity contribution is -0.119. The monoisotopic (exact) mass is 557 g/mol. The molecule has 1 fully saturated rings. The summed E-state index contributed by atoms with van der Waals surface area (Å²) in [6.45, 7) is 0.675. The van der Waals surface area contributed by atoms with Crippen molar-refractivity contribution in [3.05, 3.63) is 42.0 Å². The molecule has 0 aliphatic carbocycles. The van der Waals surface area contributed by atoms with Crippen LogP contribution in [-0.2, 0) is 36.1 Å². The van der Waals surface area contributed by atoms with Crippen molar-refractivity contribution in [2.45, 2.75) is 11.4 Å². The number of morpholine rings is 1. The lowest BCUT2D eigenvalue weighted by atomic mass is 10.1. The molecule has 2 aromatic carbocycles. The number of benzene rings is 2. The molecular formula is C23H31N3O9S2. The third kappa shape index (κ3) is 6.83. The van der Waals surface area contributed by atoms with E-state index in [0.717, 1.165) is 10.6 Å². The number of hydrogen-bond acceptors (Lipinski definition) is 9. The van der Waals surface area contributed by atoms with Crippen molar-refractivity contribution in [2.75, 3.05) is 64.7 Å². The van der Waals surface area contributed by atoms with Crippen LogP contribution in [0.4, 0.5) is 5.69 Å². The van der Waals surface area contributed by atoms with E-state index in [1.165, 1.54) is 49.9 Å². The Morgan fingerprint density at radius 2 is 1.54 bits per heavy atom. The van der Waals surface area contributed by atoms with E-state index in [1.54, 1.807) is 12.1 Å². The summed E-state index contributed by atoms with van der Waals surface area (Å²) >= 11 is 0. The van der Waals surface area contributed by atoms with E-state index in [1.807, 2.05) is 0 Å². The molecule has 1 saturated heterocycles. The number of ether oxygens (including phenoxy) is 4. The summed E-state index contributed by atoms with van der Waals surface area (Å²) in [5.74, 6) is 0.665. The maximum absolute atomic E-state index is 12.8. The maximum Gasteiger partial charge on any atom is 0.243 e. The van der Waals surface area contributed by atoms with E-state index in [0.29, 0.717) is 36.0 Å². The van der Waals surface area contributed by atoms with Crippen molar-refractivity contribution < 1.29 is 40.6 Å². The summed E-state index contributed by atoms with van der Waals surface area (Å²) in [6, 6.07) is 8.72. The second-order valence-corrected chi connectivity index (χ2v) is 11.9. The standard InChI is InChI=1S/C23H31N3O9S2/c1-32-20-13-17(14-21(33-2)23(20)34-3)15-24-22(27)16-26(36(4,28)29)18-5-7-19(8-6-18)37(30,31)25-9-11-35-12-10-25/h5-8,13-14H,9-12,15-16H2,1-4H3,(H,24,27). The number of carbonyl (C=O) groups excluding carboxylic acids is 1. The predicted molar refractivity (Wildman–Crippen MR) is 136 cm³/mol. The second kappa shape index (κ2) is 12.0. The topological polar surface area (TPSA) is 141 Å². The van der Waals surface area contributed by atoms with Crippen LogP contribution in [0.25, 0.3) is 0 Å². The minimum Gasteiger partial charge on any atom is -0.493 e. The van der Waals surface area contributed by atoms with Gasteiger partial charge in [0.2, 0.25) is 31.7 Å². The van der Waals surface area contributed by atoms with E-state index in [2.05, 4.69) is 5.32 Å². The molecule has 0 aromatic heterocycles. The zero-order valence-corrected chi connectivity index (χ0v) is 22.7. The van der Waals surface area contributed by atoms with Crippen LogP contribution in [0.2, 0.25) is 0 Å². The molecule has 0 spiro atoms. The Bertz CT molecular complexity index is 1280.